The zero-order valence-corrected chi connectivity index (χ0v) is 11.6. The maximum absolute atomic E-state index is 3.45. The van der Waals surface area contributed by atoms with E-state index in [-0.39, 0.29) is 0 Å². The Morgan fingerprint density at radius 3 is 1.81 bits per heavy atom. The highest BCUT2D eigenvalue weighted by atomic mass is 14.7. The third kappa shape index (κ3) is 2.03. The van der Waals surface area contributed by atoms with E-state index in [9.17, 15) is 0 Å². The third-order valence-electron chi connectivity index (χ3n) is 3.89. The van der Waals surface area contributed by atoms with Crippen LogP contribution in [0.3, 0.4) is 0 Å². The maximum Gasteiger partial charge on any atom is 0.0540 e. The molecule has 1 nitrogen and oxygen atoms in total. The SMILES string of the molecule is c1ccc(-c2c[nH]c3c(-c4ccccc4)cccc23)cc1. The summed E-state index contributed by atoms with van der Waals surface area (Å²) in [5, 5.41) is 1.27. The van der Waals surface area contributed by atoms with Gasteiger partial charge in [-0.15, -0.1) is 0 Å². The molecule has 0 spiro atoms. The van der Waals surface area contributed by atoms with Gasteiger partial charge in [0.25, 0.3) is 0 Å². The molecule has 0 bridgehead atoms. The zero-order chi connectivity index (χ0) is 14.1. The van der Waals surface area contributed by atoms with Crippen molar-refractivity contribution in [3.05, 3.63) is 85.1 Å². The highest BCUT2D eigenvalue weighted by molar-refractivity contribution is 6.02. The summed E-state index contributed by atoms with van der Waals surface area (Å²) < 4.78 is 0. The average Bonchev–Trinajstić information content (AvgIpc) is 3.00. The van der Waals surface area contributed by atoms with Gasteiger partial charge in [-0.25, -0.2) is 0 Å². The topological polar surface area (TPSA) is 15.8 Å². The summed E-state index contributed by atoms with van der Waals surface area (Å²) in [4.78, 5) is 3.45. The number of benzene rings is 3. The Bertz CT molecular complexity index is 874. The van der Waals surface area contributed by atoms with Crippen LogP contribution in [-0.4, -0.2) is 4.98 Å². The number of fused-ring (bicyclic) bond motifs is 1. The molecule has 0 aliphatic rings. The fourth-order valence-corrected chi connectivity index (χ4v) is 2.87. The van der Waals surface area contributed by atoms with Crippen molar-refractivity contribution in [2.45, 2.75) is 0 Å². The lowest BCUT2D eigenvalue weighted by Gasteiger charge is -2.04. The standard InChI is InChI=1S/C20H15N/c1-3-8-15(9-4-1)17-12-7-13-18-19(14-21-20(17)18)16-10-5-2-6-11-16/h1-14,21H. The minimum absolute atomic E-state index is 1.20. The van der Waals surface area contributed by atoms with Crippen molar-refractivity contribution >= 4 is 10.9 Å². The molecule has 0 fully saturated rings. The van der Waals surface area contributed by atoms with Crippen molar-refractivity contribution in [3.8, 4) is 22.3 Å². The summed E-state index contributed by atoms with van der Waals surface area (Å²) in [7, 11) is 0. The van der Waals surface area contributed by atoms with E-state index in [0.29, 0.717) is 0 Å². The second-order valence-electron chi connectivity index (χ2n) is 5.16. The number of rotatable bonds is 2. The lowest BCUT2D eigenvalue weighted by molar-refractivity contribution is 1.47. The van der Waals surface area contributed by atoms with Gasteiger partial charge in [0.15, 0.2) is 0 Å². The van der Waals surface area contributed by atoms with Crippen LogP contribution in [0.15, 0.2) is 85.1 Å². The van der Waals surface area contributed by atoms with Gasteiger partial charge in [-0.3, -0.25) is 0 Å². The molecule has 0 saturated heterocycles. The lowest BCUT2D eigenvalue weighted by atomic mass is 9.99. The summed E-state index contributed by atoms with van der Waals surface area (Å²) in [6.07, 6.45) is 2.10. The molecule has 0 atom stereocenters. The first-order valence-electron chi connectivity index (χ1n) is 7.14. The third-order valence-corrected chi connectivity index (χ3v) is 3.89. The fourth-order valence-electron chi connectivity index (χ4n) is 2.87. The normalized spacial score (nSPS) is 10.9. The monoisotopic (exact) mass is 269 g/mol. The van der Waals surface area contributed by atoms with E-state index in [4.69, 9.17) is 0 Å². The van der Waals surface area contributed by atoms with Gasteiger partial charge in [0.05, 0.1) is 5.52 Å². The molecule has 21 heavy (non-hydrogen) atoms. The molecule has 0 aliphatic carbocycles. The summed E-state index contributed by atoms with van der Waals surface area (Å²) in [5.41, 5.74) is 6.18. The number of H-pyrrole nitrogens is 1. The Labute approximate surface area is 123 Å². The van der Waals surface area contributed by atoms with Crippen molar-refractivity contribution in [1.29, 1.82) is 0 Å². The van der Waals surface area contributed by atoms with Crippen LogP contribution >= 0.6 is 0 Å². The molecule has 1 heterocycles. The van der Waals surface area contributed by atoms with Crippen molar-refractivity contribution in [2.24, 2.45) is 0 Å². The number of hydrogen-bond donors (Lipinski definition) is 1. The van der Waals surface area contributed by atoms with Crippen LogP contribution in [-0.2, 0) is 0 Å². The number of aromatic amines is 1. The Balaban J connectivity index is 1.96. The first-order chi connectivity index (χ1) is 10.4. The zero-order valence-electron chi connectivity index (χ0n) is 11.6. The largest absolute Gasteiger partial charge is 0.360 e. The Morgan fingerprint density at radius 1 is 0.524 bits per heavy atom. The fraction of sp³-hybridized carbons (Fsp3) is 0. The van der Waals surface area contributed by atoms with Gasteiger partial charge in [-0.2, -0.15) is 0 Å². The Kier molecular flexibility index (Phi) is 2.82. The molecule has 1 N–H and O–H groups in total. The Hall–Kier alpha value is -2.80. The van der Waals surface area contributed by atoms with Gasteiger partial charge in [0.2, 0.25) is 0 Å². The molecule has 0 amide bonds. The van der Waals surface area contributed by atoms with Gasteiger partial charge < -0.3 is 4.98 Å². The second kappa shape index (κ2) is 4.95. The van der Waals surface area contributed by atoms with Crippen LogP contribution in [0.5, 0.6) is 0 Å². The lowest BCUT2D eigenvalue weighted by Crippen LogP contribution is -1.80. The van der Waals surface area contributed by atoms with Crippen LogP contribution in [0.2, 0.25) is 0 Å². The first kappa shape index (κ1) is 12.0. The summed E-state index contributed by atoms with van der Waals surface area (Å²) in [6, 6.07) is 27.5. The number of aromatic nitrogens is 1. The quantitative estimate of drug-likeness (QED) is 0.494. The van der Waals surface area contributed by atoms with Crippen LogP contribution in [0, 0.1) is 0 Å². The van der Waals surface area contributed by atoms with E-state index in [1.165, 1.54) is 33.2 Å². The molecular weight excluding hydrogens is 254 g/mol. The van der Waals surface area contributed by atoms with Crippen molar-refractivity contribution < 1.29 is 0 Å². The highest BCUT2D eigenvalue weighted by Crippen LogP contribution is 2.34. The van der Waals surface area contributed by atoms with Crippen LogP contribution in [0.1, 0.15) is 0 Å². The number of para-hydroxylation sites is 1. The first-order valence-corrected chi connectivity index (χ1v) is 7.14. The summed E-state index contributed by atoms with van der Waals surface area (Å²) >= 11 is 0. The molecule has 1 heteroatoms. The van der Waals surface area contributed by atoms with Gasteiger partial charge in [0, 0.05) is 22.7 Å². The van der Waals surface area contributed by atoms with Gasteiger partial charge >= 0.3 is 0 Å². The smallest absolute Gasteiger partial charge is 0.0540 e. The molecule has 4 rings (SSSR count). The maximum atomic E-state index is 3.45. The number of hydrogen-bond acceptors (Lipinski definition) is 0. The van der Waals surface area contributed by atoms with E-state index in [2.05, 4.69) is 77.9 Å². The van der Waals surface area contributed by atoms with E-state index in [1.807, 2.05) is 12.1 Å². The molecule has 1 aromatic heterocycles. The average molecular weight is 269 g/mol. The summed E-state index contributed by atoms with van der Waals surface area (Å²) in [5.74, 6) is 0. The van der Waals surface area contributed by atoms with E-state index < -0.39 is 0 Å². The van der Waals surface area contributed by atoms with Gasteiger partial charge in [-0.1, -0.05) is 78.9 Å². The summed E-state index contributed by atoms with van der Waals surface area (Å²) in [6.45, 7) is 0. The van der Waals surface area contributed by atoms with Crippen molar-refractivity contribution in [3.63, 3.8) is 0 Å². The second-order valence-corrected chi connectivity index (χ2v) is 5.16. The molecule has 3 aromatic carbocycles. The van der Waals surface area contributed by atoms with Crippen molar-refractivity contribution in [2.75, 3.05) is 0 Å². The van der Waals surface area contributed by atoms with Crippen LogP contribution in [0.25, 0.3) is 33.2 Å². The van der Waals surface area contributed by atoms with E-state index in [0.717, 1.165) is 0 Å². The van der Waals surface area contributed by atoms with Gasteiger partial charge in [0.1, 0.15) is 0 Å². The minimum Gasteiger partial charge on any atom is -0.360 e. The predicted octanol–water partition coefficient (Wildman–Crippen LogP) is 5.50. The minimum atomic E-state index is 1.20. The van der Waals surface area contributed by atoms with E-state index in [1.54, 1.807) is 0 Å². The molecular formula is C20H15N. The molecule has 4 aromatic rings. The molecule has 0 saturated carbocycles. The molecule has 0 radical (unpaired) electrons. The van der Waals surface area contributed by atoms with Crippen LogP contribution < -0.4 is 0 Å². The predicted molar refractivity (Wildman–Crippen MR) is 89.2 cm³/mol. The molecule has 0 unspecified atom stereocenters. The number of nitrogens with one attached hydrogen (secondary N) is 1. The highest BCUT2D eigenvalue weighted by Gasteiger charge is 2.09. The van der Waals surface area contributed by atoms with Crippen LogP contribution in [0.4, 0.5) is 0 Å². The van der Waals surface area contributed by atoms with Crippen molar-refractivity contribution in [1.82, 2.24) is 4.98 Å². The Morgan fingerprint density at radius 2 is 1.14 bits per heavy atom. The molecule has 100 valence electrons. The van der Waals surface area contributed by atoms with E-state index >= 15 is 0 Å². The molecule has 0 aliphatic heterocycles. The van der Waals surface area contributed by atoms with Gasteiger partial charge in [-0.05, 0) is 11.1 Å².